The van der Waals surface area contributed by atoms with Gasteiger partial charge in [0.2, 0.25) is 0 Å². The maximum atomic E-state index is 10.1. The molecule has 1 heterocycles. The van der Waals surface area contributed by atoms with Crippen molar-refractivity contribution in [2.24, 2.45) is 0 Å². The van der Waals surface area contributed by atoms with Gasteiger partial charge in [-0.15, -0.1) is 11.8 Å². The van der Waals surface area contributed by atoms with Gasteiger partial charge in [-0.05, 0) is 25.1 Å². The number of thioether (sulfide) groups is 1. The van der Waals surface area contributed by atoms with Crippen molar-refractivity contribution in [3.63, 3.8) is 0 Å². The topological polar surface area (TPSA) is 55.2 Å². The maximum absolute atomic E-state index is 10.1. The van der Waals surface area contributed by atoms with Crippen LogP contribution in [0.1, 0.15) is 5.82 Å². The molecule has 0 amide bonds. The van der Waals surface area contributed by atoms with Crippen molar-refractivity contribution < 1.29 is 9.84 Å². The number of benzene rings is 2. The van der Waals surface area contributed by atoms with Crippen molar-refractivity contribution >= 4 is 22.7 Å². The minimum atomic E-state index is -0.561. The monoisotopic (exact) mass is 326 g/mol. The summed E-state index contributed by atoms with van der Waals surface area (Å²) in [6.07, 6.45) is -0.561. The lowest BCUT2D eigenvalue weighted by Crippen LogP contribution is -2.20. The molecule has 1 aromatic heterocycles. The van der Waals surface area contributed by atoms with E-state index in [1.165, 1.54) is 11.8 Å². The highest BCUT2D eigenvalue weighted by Gasteiger charge is 2.10. The highest BCUT2D eigenvalue weighted by molar-refractivity contribution is 7.99. The zero-order valence-electron chi connectivity index (χ0n) is 12.8. The van der Waals surface area contributed by atoms with E-state index in [1.807, 2.05) is 61.5 Å². The Kier molecular flexibility index (Phi) is 5.10. The van der Waals surface area contributed by atoms with Gasteiger partial charge < -0.3 is 9.84 Å². The number of nitrogens with zero attached hydrogens (tertiary/aromatic N) is 2. The summed E-state index contributed by atoms with van der Waals surface area (Å²) in [5, 5.41) is 12.0. The first-order chi connectivity index (χ1) is 11.2. The van der Waals surface area contributed by atoms with Crippen LogP contribution in [0, 0.1) is 6.92 Å². The predicted molar refractivity (Wildman–Crippen MR) is 92.9 cm³/mol. The van der Waals surface area contributed by atoms with Gasteiger partial charge in [-0.2, -0.15) is 0 Å². The molecule has 0 unspecified atom stereocenters. The number of para-hydroxylation sites is 2. The lowest BCUT2D eigenvalue weighted by atomic mass is 10.2. The Morgan fingerprint density at radius 1 is 1.04 bits per heavy atom. The van der Waals surface area contributed by atoms with Gasteiger partial charge >= 0.3 is 0 Å². The van der Waals surface area contributed by atoms with Crippen molar-refractivity contribution in [2.75, 3.05) is 12.4 Å². The molecule has 0 aliphatic heterocycles. The molecule has 1 N–H and O–H groups in total. The molecule has 118 valence electrons. The van der Waals surface area contributed by atoms with Crippen LogP contribution >= 0.6 is 11.8 Å². The third-order valence-corrected chi connectivity index (χ3v) is 4.41. The average Bonchev–Trinajstić information content (AvgIpc) is 2.58. The Bertz CT molecular complexity index is 780. The second-order valence-electron chi connectivity index (χ2n) is 5.18. The standard InChI is InChI=1S/C18H18N2O2S/c1-13-19-17-10-6-5-9-16(17)18(20-13)23-12-14(21)11-22-15-7-3-2-4-8-15/h2-10,14,21H,11-12H2,1H3/t14-/m0/s1. The number of aliphatic hydroxyl groups is 1. The van der Waals surface area contributed by atoms with Crippen molar-refractivity contribution in [3.05, 3.63) is 60.4 Å². The maximum Gasteiger partial charge on any atom is 0.127 e. The first-order valence-corrected chi connectivity index (χ1v) is 8.43. The number of rotatable bonds is 6. The van der Waals surface area contributed by atoms with Crippen LogP contribution in [-0.2, 0) is 0 Å². The first-order valence-electron chi connectivity index (χ1n) is 7.44. The Balaban J connectivity index is 1.62. The van der Waals surface area contributed by atoms with Crippen LogP contribution in [0.15, 0.2) is 59.6 Å². The Morgan fingerprint density at radius 2 is 1.78 bits per heavy atom. The van der Waals surface area contributed by atoms with Crippen LogP contribution in [0.4, 0.5) is 0 Å². The average molecular weight is 326 g/mol. The van der Waals surface area contributed by atoms with E-state index in [-0.39, 0.29) is 6.61 Å². The van der Waals surface area contributed by atoms with Crippen LogP contribution in [0.5, 0.6) is 5.75 Å². The molecule has 0 saturated carbocycles. The van der Waals surface area contributed by atoms with E-state index in [0.717, 1.165) is 27.5 Å². The SMILES string of the molecule is Cc1nc(SC[C@@H](O)COc2ccccc2)c2ccccc2n1. The predicted octanol–water partition coefficient (Wildman–Crippen LogP) is 3.47. The second-order valence-corrected chi connectivity index (χ2v) is 6.19. The molecule has 23 heavy (non-hydrogen) atoms. The molecule has 4 nitrogen and oxygen atoms in total. The largest absolute Gasteiger partial charge is 0.491 e. The third kappa shape index (κ3) is 4.21. The van der Waals surface area contributed by atoms with Crippen molar-refractivity contribution in [2.45, 2.75) is 18.1 Å². The summed E-state index contributed by atoms with van der Waals surface area (Å²) >= 11 is 1.53. The quantitative estimate of drug-likeness (QED) is 0.555. The number of hydrogen-bond donors (Lipinski definition) is 1. The molecular formula is C18H18N2O2S. The molecular weight excluding hydrogens is 308 g/mol. The van der Waals surface area contributed by atoms with E-state index >= 15 is 0 Å². The van der Waals surface area contributed by atoms with Crippen LogP contribution in [0.2, 0.25) is 0 Å². The van der Waals surface area contributed by atoms with Gasteiger partial charge in [-0.25, -0.2) is 9.97 Å². The molecule has 3 rings (SSSR count). The van der Waals surface area contributed by atoms with Gasteiger partial charge in [0.25, 0.3) is 0 Å². The number of hydrogen-bond acceptors (Lipinski definition) is 5. The molecule has 5 heteroatoms. The minimum Gasteiger partial charge on any atom is -0.491 e. The van der Waals surface area contributed by atoms with Crippen LogP contribution in [0.3, 0.4) is 0 Å². The van der Waals surface area contributed by atoms with Gasteiger partial charge in [0, 0.05) is 11.1 Å². The summed E-state index contributed by atoms with van der Waals surface area (Å²) in [4.78, 5) is 8.92. The summed E-state index contributed by atoms with van der Waals surface area (Å²) in [5.41, 5.74) is 0.928. The minimum absolute atomic E-state index is 0.263. The van der Waals surface area contributed by atoms with E-state index in [2.05, 4.69) is 9.97 Å². The molecule has 2 aromatic carbocycles. The van der Waals surface area contributed by atoms with Crippen molar-refractivity contribution in [1.82, 2.24) is 9.97 Å². The van der Waals surface area contributed by atoms with E-state index in [4.69, 9.17) is 4.74 Å². The van der Waals surface area contributed by atoms with Gasteiger partial charge in [0.05, 0.1) is 11.6 Å². The zero-order valence-corrected chi connectivity index (χ0v) is 13.7. The number of aliphatic hydroxyl groups excluding tert-OH is 1. The fourth-order valence-corrected chi connectivity index (χ4v) is 3.17. The summed E-state index contributed by atoms with van der Waals surface area (Å²) in [6.45, 7) is 2.14. The number of aromatic nitrogens is 2. The molecule has 0 saturated heterocycles. The van der Waals surface area contributed by atoms with E-state index in [0.29, 0.717) is 5.75 Å². The molecule has 0 aliphatic carbocycles. The Morgan fingerprint density at radius 3 is 2.61 bits per heavy atom. The van der Waals surface area contributed by atoms with Gasteiger partial charge in [0.15, 0.2) is 0 Å². The molecule has 1 atom stereocenters. The van der Waals surface area contributed by atoms with Crippen molar-refractivity contribution in [3.8, 4) is 5.75 Å². The Hall–Kier alpha value is -2.11. The molecule has 0 fully saturated rings. The number of fused-ring (bicyclic) bond motifs is 1. The lowest BCUT2D eigenvalue weighted by molar-refractivity contribution is 0.126. The summed E-state index contributed by atoms with van der Waals surface area (Å²) in [5.74, 6) is 2.02. The van der Waals surface area contributed by atoms with Crippen molar-refractivity contribution in [1.29, 1.82) is 0 Å². The third-order valence-electron chi connectivity index (χ3n) is 3.28. The number of aryl methyl sites for hydroxylation is 1. The van der Waals surface area contributed by atoms with Crippen LogP contribution in [0.25, 0.3) is 10.9 Å². The first kappa shape index (κ1) is 15.8. The lowest BCUT2D eigenvalue weighted by Gasteiger charge is -2.12. The highest BCUT2D eigenvalue weighted by atomic mass is 32.2. The fourth-order valence-electron chi connectivity index (χ4n) is 2.20. The van der Waals surface area contributed by atoms with Crippen LogP contribution in [-0.4, -0.2) is 33.5 Å². The molecule has 3 aromatic rings. The summed E-state index contributed by atoms with van der Waals surface area (Å²) in [6, 6.07) is 17.4. The second kappa shape index (κ2) is 7.44. The summed E-state index contributed by atoms with van der Waals surface area (Å²) < 4.78 is 5.57. The molecule has 0 bridgehead atoms. The molecule has 0 aliphatic rings. The summed E-state index contributed by atoms with van der Waals surface area (Å²) in [7, 11) is 0. The molecule has 0 spiro atoms. The van der Waals surface area contributed by atoms with E-state index < -0.39 is 6.10 Å². The van der Waals surface area contributed by atoms with E-state index in [1.54, 1.807) is 0 Å². The van der Waals surface area contributed by atoms with Gasteiger partial charge in [-0.3, -0.25) is 0 Å². The van der Waals surface area contributed by atoms with Gasteiger partial charge in [0.1, 0.15) is 23.2 Å². The van der Waals surface area contributed by atoms with Crippen LogP contribution < -0.4 is 4.74 Å². The smallest absolute Gasteiger partial charge is 0.127 e. The van der Waals surface area contributed by atoms with Gasteiger partial charge in [-0.1, -0.05) is 36.4 Å². The normalized spacial score (nSPS) is 12.3. The van der Waals surface area contributed by atoms with E-state index in [9.17, 15) is 5.11 Å². The zero-order chi connectivity index (χ0) is 16.1. The molecule has 0 radical (unpaired) electrons. The number of ether oxygens (including phenoxy) is 1. The highest BCUT2D eigenvalue weighted by Crippen LogP contribution is 2.25. The Labute approximate surface area is 139 Å². The fraction of sp³-hybridized carbons (Fsp3) is 0.222.